The van der Waals surface area contributed by atoms with Crippen LogP contribution in [-0.2, 0) is 17.6 Å². The van der Waals surface area contributed by atoms with Gasteiger partial charge in [-0.3, -0.25) is 0 Å². The minimum absolute atomic E-state index is 0.306. The Labute approximate surface area is 186 Å². The number of carbonyl (C=O) groups excluding carboxylic acids is 1. The lowest BCUT2D eigenvalue weighted by molar-refractivity contribution is 0.0500. The van der Waals surface area contributed by atoms with E-state index in [9.17, 15) is 10.1 Å². The Bertz CT molecular complexity index is 1130. The van der Waals surface area contributed by atoms with Crippen LogP contribution in [0.1, 0.15) is 64.7 Å². The molecule has 1 aliphatic carbocycles. The van der Waals surface area contributed by atoms with Crippen molar-refractivity contribution in [2.75, 3.05) is 6.61 Å². The molecule has 1 aliphatic rings. The normalized spacial score (nSPS) is 13.2. The van der Waals surface area contributed by atoms with E-state index in [2.05, 4.69) is 18.0 Å². The van der Waals surface area contributed by atoms with Crippen molar-refractivity contribution < 1.29 is 13.9 Å². The molecule has 2 aromatic heterocycles. The molecule has 1 aromatic carbocycles. The maximum Gasteiger partial charge on any atom is 0.338 e. The van der Waals surface area contributed by atoms with E-state index in [1.807, 2.05) is 24.3 Å². The molecule has 0 fully saturated rings. The van der Waals surface area contributed by atoms with Gasteiger partial charge in [-0.2, -0.15) is 5.26 Å². The van der Waals surface area contributed by atoms with Crippen LogP contribution in [0.2, 0.25) is 0 Å². The van der Waals surface area contributed by atoms with Gasteiger partial charge in [0, 0.05) is 10.4 Å². The quantitative estimate of drug-likeness (QED) is 0.244. The van der Waals surface area contributed by atoms with Crippen LogP contribution >= 0.6 is 11.3 Å². The van der Waals surface area contributed by atoms with Crippen molar-refractivity contribution in [2.24, 2.45) is 4.99 Å². The maximum absolute atomic E-state index is 12.0. The number of unbranched alkanes of at least 4 members (excludes halogenated alkanes) is 1. The van der Waals surface area contributed by atoms with E-state index in [0.717, 1.165) is 42.7 Å². The number of thiophene rings is 1. The highest BCUT2D eigenvalue weighted by atomic mass is 32.1. The number of nitriles is 1. The summed E-state index contributed by atoms with van der Waals surface area (Å²) in [6.45, 7) is 2.50. The van der Waals surface area contributed by atoms with E-state index in [1.165, 1.54) is 16.9 Å². The second-order valence-electron chi connectivity index (χ2n) is 7.53. The number of fused-ring (bicyclic) bond motifs is 1. The molecule has 0 bridgehead atoms. The van der Waals surface area contributed by atoms with Gasteiger partial charge >= 0.3 is 5.97 Å². The highest BCUT2D eigenvalue weighted by molar-refractivity contribution is 7.16. The van der Waals surface area contributed by atoms with Gasteiger partial charge in [0.2, 0.25) is 0 Å². The molecular formula is C25H24N2O3S. The maximum atomic E-state index is 12.0. The van der Waals surface area contributed by atoms with E-state index < -0.39 is 0 Å². The molecule has 3 aromatic rings. The SMILES string of the molecule is CCCCOC(=O)c1ccc(-c2ccc(C=Nc3sc4c(c3C#N)CCCC4)o2)cc1. The van der Waals surface area contributed by atoms with Crippen molar-refractivity contribution in [1.29, 1.82) is 5.26 Å². The fourth-order valence-electron chi connectivity index (χ4n) is 3.62. The Morgan fingerprint density at radius 1 is 1.23 bits per heavy atom. The van der Waals surface area contributed by atoms with Crippen LogP contribution < -0.4 is 0 Å². The summed E-state index contributed by atoms with van der Waals surface area (Å²) in [6, 6.07) is 13.2. The van der Waals surface area contributed by atoms with Gasteiger partial charge in [-0.05, 0) is 61.9 Å². The molecule has 0 atom stereocenters. The molecule has 0 aliphatic heterocycles. The van der Waals surface area contributed by atoms with Gasteiger partial charge in [-0.15, -0.1) is 11.3 Å². The largest absolute Gasteiger partial charge is 0.462 e. The zero-order valence-corrected chi connectivity index (χ0v) is 18.3. The lowest BCUT2D eigenvalue weighted by Crippen LogP contribution is -2.05. The first-order valence-electron chi connectivity index (χ1n) is 10.7. The third-order valence-electron chi connectivity index (χ3n) is 5.34. The lowest BCUT2D eigenvalue weighted by atomic mass is 9.96. The van der Waals surface area contributed by atoms with Crippen LogP contribution in [-0.4, -0.2) is 18.8 Å². The van der Waals surface area contributed by atoms with Crippen LogP contribution in [0, 0.1) is 11.3 Å². The van der Waals surface area contributed by atoms with E-state index in [-0.39, 0.29) is 5.97 Å². The van der Waals surface area contributed by atoms with Gasteiger partial charge in [0.05, 0.1) is 23.9 Å². The molecule has 0 radical (unpaired) electrons. The predicted octanol–water partition coefficient (Wildman–Crippen LogP) is 6.47. The number of hydrogen-bond acceptors (Lipinski definition) is 6. The standard InChI is InChI=1S/C25H24N2O3S/c1-2-3-14-29-25(28)18-10-8-17(9-11-18)22-13-12-19(30-22)16-27-24-21(15-26)20-6-4-5-7-23(20)31-24/h8-13,16H,2-7,14H2,1H3. The third-order valence-corrected chi connectivity index (χ3v) is 6.54. The summed E-state index contributed by atoms with van der Waals surface area (Å²) in [5, 5.41) is 10.3. The second-order valence-corrected chi connectivity index (χ2v) is 8.61. The zero-order chi connectivity index (χ0) is 21.6. The summed E-state index contributed by atoms with van der Waals surface area (Å²) in [6.07, 6.45) is 7.85. The predicted molar refractivity (Wildman–Crippen MR) is 122 cm³/mol. The van der Waals surface area contributed by atoms with Gasteiger partial charge in [0.25, 0.3) is 0 Å². The highest BCUT2D eigenvalue weighted by Crippen LogP contribution is 2.39. The topological polar surface area (TPSA) is 75.6 Å². The number of nitrogens with zero attached hydrogens (tertiary/aromatic N) is 2. The van der Waals surface area contributed by atoms with Crippen molar-refractivity contribution >= 4 is 28.5 Å². The molecule has 0 amide bonds. The number of aryl methyl sites for hydroxylation is 1. The minimum atomic E-state index is -0.306. The molecule has 4 rings (SSSR count). The number of esters is 1. The number of rotatable bonds is 7. The number of aliphatic imine (C=N–C) groups is 1. The third kappa shape index (κ3) is 4.78. The average molecular weight is 433 g/mol. The zero-order valence-electron chi connectivity index (χ0n) is 17.5. The van der Waals surface area contributed by atoms with E-state index in [4.69, 9.17) is 9.15 Å². The molecule has 5 nitrogen and oxygen atoms in total. The summed E-state index contributed by atoms with van der Waals surface area (Å²) in [5.41, 5.74) is 3.29. The van der Waals surface area contributed by atoms with Gasteiger partial charge in [-0.1, -0.05) is 25.5 Å². The summed E-state index contributed by atoms with van der Waals surface area (Å²) >= 11 is 1.61. The number of ether oxygens (including phenoxy) is 1. The van der Waals surface area contributed by atoms with Crippen molar-refractivity contribution in [2.45, 2.75) is 45.4 Å². The Hall–Kier alpha value is -3.17. The Balaban J connectivity index is 1.46. The number of carbonyl (C=O) groups is 1. The average Bonchev–Trinajstić information content (AvgIpc) is 3.42. The van der Waals surface area contributed by atoms with Crippen LogP contribution in [0.4, 0.5) is 5.00 Å². The van der Waals surface area contributed by atoms with Crippen LogP contribution in [0.25, 0.3) is 11.3 Å². The molecule has 0 unspecified atom stereocenters. The van der Waals surface area contributed by atoms with E-state index in [1.54, 1.807) is 29.7 Å². The molecule has 31 heavy (non-hydrogen) atoms. The first kappa shape index (κ1) is 21.1. The fourth-order valence-corrected chi connectivity index (χ4v) is 4.80. The van der Waals surface area contributed by atoms with E-state index in [0.29, 0.717) is 29.3 Å². The van der Waals surface area contributed by atoms with Gasteiger partial charge in [0.15, 0.2) is 0 Å². The smallest absolute Gasteiger partial charge is 0.338 e. The van der Waals surface area contributed by atoms with E-state index >= 15 is 0 Å². The van der Waals surface area contributed by atoms with Gasteiger partial charge < -0.3 is 9.15 Å². The molecule has 6 heteroatoms. The molecule has 0 saturated heterocycles. The molecular weight excluding hydrogens is 408 g/mol. The van der Waals surface area contributed by atoms with Crippen LogP contribution in [0.15, 0.2) is 45.8 Å². The molecule has 158 valence electrons. The molecule has 0 N–H and O–H groups in total. The first-order chi connectivity index (χ1) is 15.2. The number of furan rings is 1. The summed E-state index contributed by atoms with van der Waals surface area (Å²) in [4.78, 5) is 17.9. The first-order valence-corrected chi connectivity index (χ1v) is 11.5. The fraction of sp³-hybridized carbons (Fsp3) is 0.320. The Morgan fingerprint density at radius 2 is 2.03 bits per heavy atom. The van der Waals surface area contributed by atoms with Crippen LogP contribution in [0.5, 0.6) is 0 Å². The molecule has 0 saturated carbocycles. The second kappa shape index (κ2) is 9.76. The minimum Gasteiger partial charge on any atom is -0.462 e. The number of benzene rings is 1. The summed E-state index contributed by atoms with van der Waals surface area (Å²) < 4.78 is 11.1. The Kier molecular flexibility index (Phi) is 6.63. The van der Waals surface area contributed by atoms with Crippen molar-refractivity contribution in [1.82, 2.24) is 0 Å². The van der Waals surface area contributed by atoms with Crippen molar-refractivity contribution in [3.8, 4) is 17.4 Å². The highest BCUT2D eigenvalue weighted by Gasteiger charge is 2.20. The monoisotopic (exact) mass is 432 g/mol. The Morgan fingerprint density at radius 3 is 2.81 bits per heavy atom. The number of hydrogen-bond donors (Lipinski definition) is 0. The lowest BCUT2D eigenvalue weighted by Gasteiger charge is -2.09. The van der Waals surface area contributed by atoms with Crippen molar-refractivity contribution in [3.63, 3.8) is 0 Å². The molecule has 2 heterocycles. The summed E-state index contributed by atoms with van der Waals surface area (Å²) in [7, 11) is 0. The molecule has 0 spiro atoms. The summed E-state index contributed by atoms with van der Waals surface area (Å²) in [5.74, 6) is 1.01. The van der Waals surface area contributed by atoms with Gasteiger partial charge in [0.1, 0.15) is 22.6 Å². The van der Waals surface area contributed by atoms with Crippen LogP contribution in [0.3, 0.4) is 0 Å². The van der Waals surface area contributed by atoms with Gasteiger partial charge in [-0.25, -0.2) is 9.79 Å². The van der Waals surface area contributed by atoms with Crippen molar-refractivity contribution in [3.05, 3.63) is 63.7 Å².